The fraction of sp³-hybridized carbons (Fsp3) is 0.560. The van der Waals surface area contributed by atoms with Gasteiger partial charge in [0.15, 0.2) is 0 Å². The highest BCUT2D eigenvalue weighted by Gasteiger charge is 2.55. The fourth-order valence-corrected chi connectivity index (χ4v) is 7.26. The zero-order valence-electron chi connectivity index (χ0n) is 17.7. The number of halogens is 1. The summed E-state index contributed by atoms with van der Waals surface area (Å²) in [5, 5.41) is 0. The zero-order valence-corrected chi connectivity index (χ0v) is 17.7. The molecule has 31 heavy (non-hydrogen) atoms. The molecule has 0 radical (unpaired) electrons. The summed E-state index contributed by atoms with van der Waals surface area (Å²) in [7, 11) is 0. The van der Waals surface area contributed by atoms with E-state index in [0.29, 0.717) is 36.5 Å². The predicted molar refractivity (Wildman–Crippen MR) is 114 cm³/mol. The van der Waals surface area contributed by atoms with Crippen molar-refractivity contribution in [2.75, 3.05) is 6.54 Å². The average molecular weight is 422 g/mol. The van der Waals surface area contributed by atoms with E-state index in [4.69, 9.17) is 0 Å². The highest BCUT2D eigenvalue weighted by molar-refractivity contribution is 5.83. The molecule has 7 rings (SSSR count). The van der Waals surface area contributed by atoms with Crippen molar-refractivity contribution in [1.82, 2.24) is 14.9 Å². The molecule has 2 aromatic rings. The molecule has 2 heterocycles. The number of nitrogens with zero attached hydrogens (tertiary/aromatic N) is 2. The summed E-state index contributed by atoms with van der Waals surface area (Å²) in [6, 6.07) is 6.56. The van der Waals surface area contributed by atoms with E-state index in [1.54, 1.807) is 18.2 Å². The van der Waals surface area contributed by atoms with E-state index in [-0.39, 0.29) is 29.1 Å². The topological polar surface area (TPSA) is 66.1 Å². The van der Waals surface area contributed by atoms with Crippen LogP contribution in [-0.4, -0.2) is 27.3 Å². The van der Waals surface area contributed by atoms with Crippen LogP contribution in [0.5, 0.6) is 0 Å². The van der Waals surface area contributed by atoms with Crippen LogP contribution in [0, 0.1) is 29.0 Å². The van der Waals surface area contributed by atoms with Crippen molar-refractivity contribution >= 4 is 5.91 Å². The number of nitrogens with one attached hydrogen (secondary N) is 1. The minimum atomic E-state index is -0.296. The Morgan fingerprint density at radius 3 is 2.48 bits per heavy atom. The van der Waals surface area contributed by atoms with Crippen molar-refractivity contribution in [3.05, 3.63) is 63.1 Å². The molecule has 4 fully saturated rings. The number of fused-ring (bicyclic) bond motifs is 1. The molecular weight excluding hydrogens is 393 g/mol. The largest absolute Gasteiger partial charge is 0.337 e. The maximum Gasteiger partial charge on any atom is 0.256 e. The van der Waals surface area contributed by atoms with Gasteiger partial charge in [-0.25, -0.2) is 9.37 Å². The average Bonchev–Trinajstić information content (AvgIpc) is 2.74. The van der Waals surface area contributed by atoms with Crippen LogP contribution in [0.25, 0.3) is 0 Å². The Kier molecular flexibility index (Phi) is 4.34. The molecule has 1 aromatic carbocycles. The standard InChI is InChI=1S/C25H28FN3O2/c26-20-4-2-1-3-18(20)10-22-27-21-5-6-29(14-19(21)23(30)28-22)24(31)25-11-15-7-16(12-25)9-17(8-15)13-25/h1-4,15-17H,5-14H2,(H,27,28,30). The fourth-order valence-electron chi connectivity index (χ4n) is 7.26. The maximum atomic E-state index is 14.0. The smallest absolute Gasteiger partial charge is 0.256 e. The molecule has 0 unspecified atom stereocenters. The van der Waals surface area contributed by atoms with Crippen molar-refractivity contribution in [3.63, 3.8) is 0 Å². The predicted octanol–water partition coefficient (Wildman–Crippen LogP) is 3.60. The molecule has 6 heteroatoms. The van der Waals surface area contributed by atoms with Gasteiger partial charge in [-0.2, -0.15) is 0 Å². The molecule has 0 saturated heterocycles. The summed E-state index contributed by atoms with van der Waals surface area (Å²) in [4.78, 5) is 35.9. The quantitative estimate of drug-likeness (QED) is 0.824. The molecule has 1 amide bonds. The number of hydrogen-bond acceptors (Lipinski definition) is 3. The van der Waals surface area contributed by atoms with E-state index in [0.717, 1.165) is 42.7 Å². The van der Waals surface area contributed by atoms with Gasteiger partial charge in [0.1, 0.15) is 11.6 Å². The summed E-state index contributed by atoms with van der Waals surface area (Å²) in [6.45, 7) is 0.960. The monoisotopic (exact) mass is 421 g/mol. The molecule has 4 aliphatic carbocycles. The molecule has 5 nitrogen and oxygen atoms in total. The second-order valence-electron chi connectivity index (χ2n) is 10.4. The molecule has 0 atom stereocenters. The number of carbonyl (C=O) groups is 1. The molecular formula is C25H28FN3O2. The minimum Gasteiger partial charge on any atom is -0.337 e. The Morgan fingerprint density at radius 1 is 1.13 bits per heavy atom. The lowest BCUT2D eigenvalue weighted by atomic mass is 9.49. The van der Waals surface area contributed by atoms with Crippen LogP contribution in [0.2, 0.25) is 0 Å². The number of aromatic amines is 1. The number of carbonyl (C=O) groups excluding carboxylic acids is 1. The summed E-state index contributed by atoms with van der Waals surface area (Å²) in [6.07, 6.45) is 7.89. The van der Waals surface area contributed by atoms with Gasteiger partial charge >= 0.3 is 0 Å². The van der Waals surface area contributed by atoms with Crippen LogP contribution < -0.4 is 5.56 Å². The maximum absolute atomic E-state index is 14.0. The number of amides is 1. The second-order valence-corrected chi connectivity index (χ2v) is 10.4. The second kappa shape index (κ2) is 7.01. The summed E-state index contributed by atoms with van der Waals surface area (Å²) >= 11 is 0. The van der Waals surface area contributed by atoms with Crippen LogP contribution in [0.3, 0.4) is 0 Å². The van der Waals surface area contributed by atoms with Crippen LogP contribution in [0.4, 0.5) is 4.39 Å². The third kappa shape index (κ3) is 3.22. The number of benzene rings is 1. The lowest BCUT2D eigenvalue weighted by Crippen LogP contribution is -2.55. The lowest BCUT2D eigenvalue weighted by Gasteiger charge is -2.56. The van der Waals surface area contributed by atoms with Gasteiger partial charge in [-0.05, 0) is 67.9 Å². The van der Waals surface area contributed by atoms with E-state index in [9.17, 15) is 14.0 Å². The van der Waals surface area contributed by atoms with E-state index in [1.807, 2.05) is 4.90 Å². The first-order valence-electron chi connectivity index (χ1n) is 11.6. The van der Waals surface area contributed by atoms with Crippen LogP contribution in [-0.2, 0) is 24.2 Å². The van der Waals surface area contributed by atoms with Gasteiger partial charge < -0.3 is 9.88 Å². The van der Waals surface area contributed by atoms with Crippen molar-refractivity contribution < 1.29 is 9.18 Å². The van der Waals surface area contributed by atoms with E-state index >= 15 is 0 Å². The van der Waals surface area contributed by atoms with Crippen molar-refractivity contribution in [3.8, 4) is 0 Å². The SMILES string of the molecule is O=C(N1CCc2nc(Cc3ccccc3F)[nH]c(=O)c2C1)C12CC3CC(CC(C3)C1)C2. The van der Waals surface area contributed by atoms with E-state index < -0.39 is 0 Å². The molecule has 4 bridgehead atoms. The molecule has 4 saturated carbocycles. The van der Waals surface area contributed by atoms with Crippen LogP contribution in [0.15, 0.2) is 29.1 Å². The van der Waals surface area contributed by atoms with Gasteiger partial charge in [-0.3, -0.25) is 9.59 Å². The molecule has 1 N–H and O–H groups in total. The Labute approximate surface area is 181 Å². The van der Waals surface area contributed by atoms with Gasteiger partial charge in [0.2, 0.25) is 5.91 Å². The first-order chi connectivity index (χ1) is 15.0. The zero-order chi connectivity index (χ0) is 21.2. The highest BCUT2D eigenvalue weighted by Crippen LogP contribution is 2.60. The minimum absolute atomic E-state index is 0.183. The Bertz CT molecular complexity index is 1070. The molecule has 1 aromatic heterocycles. The van der Waals surface area contributed by atoms with Crippen molar-refractivity contribution in [1.29, 1.82) is 0 Å². The van der Waals surface area contributed by atoms with Gasteiger partial charge in [-0.15, -0.1) is 0 Å². The Balaban J connectivity index is 1.23. The first kappa shape index (κ1) is 19.2. The molecule has 0 spiro atoms. The summed E-state index contributed by atoms with van der Waals surface area (Å²) < 4.78 is 14.0. The van der Waals surface area contributed by atoms with Gasteiger partial charge in [0.05, 0.1) is 23.2 Å². The van der Waals surface area contributed by atoms with E-state index in [2.05, 4.69) is 9.97 Å². The van der Waals surface area contributed by atoms with Crippen LogP contribution in [0.1, 0.15) is 61.2 Å². The van der Waals surface area contributed by atoms with Crippen LogP contribution >= 0.6 is 0 Å². The third-order valence-corrected chi connectivity index (χ3v) is 8.21. The number of aromatic nitrogens is 2. The van der Waals surface area contributed by atoms with Gasteiger partial charge in [-0.1, -0.05) is 18.2 Å². The number of hydrogen-bond donors (Lipinski definition) is 1. The van der Waals surface area contributed by atoms with Gasteiger partial charge in [0.25, 0.3) is 5.56 Å². The van der Waals surface area contributed by atoms with Crippen molar-refractivity contribution in [2.24, 2.45) is 23.2 Å². The molecule has 1 aliphatic heterocycles. The summed E-state index contributed by atoms with van der Waals surface area (Å²) in [5.74, 6) is 2.62. The molecule has 162 valence electrons. The number of rotatable bonds is 3. The Morgan fingerprint density at radius 2 is 1.81 bits per heavy atom. The number of H-pyrrole nitrogens is 1. The summed E-state index contributed by atoms with van der Waals surface area (Å²) in [5.41, 5.74) is 1.49. The van der Waals surface area contributed by atoms with E-state index in [1.165, 1.54) is 25.3 Å². The normalized spacial score (nSPS) is 31.0. The Hall–Kier alpha value is -2.50. The highest BCUT2D eigenvalue weighted by atomic mass is 19.1. The first-order valence-corrected chi connectivity index (χ1v) is 11.6. The van der Waals surface area contributed by atoms with Gasteiger partial charge in [0, 0.05) is 19.4 Å². The lowest BCUT2D eigenvalue weighted by molar-refractivity contribution is -0.158. The van der Waals surface area contributed by atoms with Crippen molar-refractivity contribution in [2.45, 2.75) is 57.9 Å². The molecule has 5 aliphatic rings. The third-order valence-electron chi connectivity index (χ3n) is 8.21.